The minimum Gasteiger partial charge on any atom is -0.481 e. The summed E-state index contributed by atoms with van der Waals surface area (Å²) in [6.45, 7) is 12.4. The Morgan fingerprint density at radius 1 is 0.738 bits per heavy atom. The third kappa shape index (κ3) is 5.20. The standard InChI is InChI=1S/C34H36N4O4/c1-7-21-17(3)25-13-26-19(5)23(9-11-33(39)40)31(37-26)16-32-24(10-12-34(41)42)20(6)28(38-32)15-30-22(8-2)18(4)27(36-30)14-29(21)35-25/h9,11,13-16,36-37H,7-8,10,12H2,1-6H3,(H,39,40)(H,41,42)/b11-9+,25-13?,26-13?,27-14?,28-15?,29-14?,30-15?,31-16?,32-16?. The van der Waals surface area contributed by atoms with Crippen LogP contribution >= 0.6 is 0 Å². The van der Waals surface area contributed by atoms with Gasteiger partial charge < -0.3 is 20.2 Å². The highest BCUT2D eigenvalue weighted by Crippen LogP contribution is 2.36. The SMILES string of the molecule is CCC1=C(C)c2cc3[nH]c(cc4nc(cc5[nH]c(cc1n2)c(C)c5CC)C(C)=C4CCC(=O)O)c(/C=C/C(=O)O)c3C. The molecule has 5 rings (SSSR count). The van der Waals surface area contributed by atoms with E-state index in [2.05, 4.69) is 43.7 Å². The number of H-pyrrole nitrogens is 2. The van der Waals surface area contributed by atoms with Gasteiger partial charge in [-0.15, -0.1) is 0 Å². The highest BCUT2D eigenvalue weighted by atomic mass is 16.4. The van der Waals surface area contributed by atoms with Crippen LogP contribution in [0.5, 0.6) is 0 Å². The van der Waals surface area contributed by atoms with E-state index in [-0.39, 0.29) is 6.42 Å². The molecular weight excluding hydrogens is 528 g/mol. The molecule has 42 heavy (non-hydrogen) atoms. The number of aryl methyl sites for hydroxylation is 3. The van der Waals surface area contributed by atoms with Crippen LogP contribution in [0.1, 0.15) is 92.0 Å². The molecule has 0 saturated carbocycles. The average Bonchev–Trinajstić information content (AvgIpc) is 3.59. The van der Waals surface area contributed by atoms with Gasteiger partial charge in [0.2, 0.25) is 0 Å². The second-order valence-electron chi connectivity index (χ2n) is 10.9. The molecule has 5 heterocycles. The predicted molar refractivity (Wildman–Crippen MR) is 169 cm³/mol. The van der Waals surface area contributed by atoms with Gasteiger partial charge in [-0.3, -0.25) is 4.79 Å². The van der Waals surface area contributed by atoms with Gasteiger partial charge in [-0.1, -0.05) is 13.8 Å². The third-order valence-electron chi connectivity index (χ3n) is 8.41. The molecule has 0 saturated heterocycles. The molecule has 0 spiro atoms. The number of hydrogen-bond donors (Lipinski definition) is 4. The van der Waals surface area contributed by atoms with E-state index in [0.717, 1.165) is 80.4 Å². The summed E-state index contributed by atoms with van der Waals surface area (Å²) in [5, 5.41) is 18.8. The van der Waals surface area contributed by atoms with Crippen molar-refractivity contribution in [2.24, 2.45) is 0 Å². The number of carboxylic acid groups (broad SMARTS) is 2. The molecular formula is C34H36N4O4. The van der Waals surface area contributed by atoms with Crippen molar-refractivity contribution in [1.29, 1.82) is 0 Å². The van der Waals surface area contributed by atoms with Crippen LogP contribution in [-0.4, -0.2) is 42.1 Å². The Kier molecular flexibility index (Phi) is 7.73. The molecule has 0 amide bonds. The van der Waals surface area contributed by atoms with Gasteiger partial charge >= 0.3 is 11.9 Å². The summed E-state index contributed by atoms with van der Waals surface area (Å²) < 4.78 is 0. The summed E-state index contributed by atoms with van der Waals surface area (Å²) >= 11 is 0. The number of aliphatic carboxylic acids is 2. The molecule has 8 bridgehead atoms. The number of nitrogens with one attached hydrogen (secondary N) is 2. The molecule has 4 N–H and O–H groups in total. The second-order valence-corrected chi connectivity index (χ2v) is 10.9. The first-order valence-electron chi connectivity index (χ1n) is 14.3. The van der Waals surface area contributed by atoms with Crippen molar-refractivity contribution < 1.29 is 19.8 Å². The Morgan fingerprint density at radius 2 is 1.29 bits per heavy atom. The van der Waals surface area contributed by atoms with E-state index in [1.807, 2.05) is 32.0 Å². The van der Waals surface area contributed by atoms with Gasteiger partial charge in [0.05, 0.1) is 22.8 Å². The Bertz CT molecular complexity index is 1900. The lowest BCUT2D eigenvalue weighted by Gasteiger charge is -2.02. The van der Waals surface area contributed by atoms with Gasteiger partial charge in [-0.25, -0.2) is 14.8 Å². The van der Waals surface area contributed by atoms with Crippen molar-refractivity contribution in [3.8, 4) is 0 Å². The van der Waals surface area contributed by atoms with Crippen LogP contribution in [0.2, 0.25) is 0 Å². The van der Waals surface area contributed by atoms with E-state index in [1.165, 1.54) is 16.7 Å². The Morgan fingerprint density at radius 3 is 1.90 bits per heavy atom. The van der Waals surface area contributed by atoms with E-state index in [0.29, 0.717) is 17.6 Å². The van der Waals surface area contributed by atoms with E-state index in [4.69, 9.17) is 9.97 Å². The summed E-state index contributed by atoms with van der Waals surface area (Å²) in [5.74, 6) is -1.92. The molecule has 2 aliphatic rings. The van der Waals surface area contributed by atoms with Crippen molar-refractivity contribution in [3.63, 3.8) is 0 Å². The zero-order chi connectivity index (χ0) is 30.3. The van der Waals surface area contributed by atoms with Gasteiger partial charge in [-0.2, -0.15) is 0 Å². The van der Waals surface area contributed by atoms with Crippen LogP contribution in [0.15, 0.2) is 30.3 Å². The molecule has 8 nitrogen and oxygen atoms in total. The highest BCUT2D eigenvalue weighted by molar-refractivity contribution is 5.96. The van der Waals surface area contributed by atoms with E-state index >= 15 is 0 Å². The zero-order valence-electron chi connectivity index (χ0n) is 24.9. The van der Waals surface area contributed by atoms with Gasteiger partial charge in [0.15, 0.2) is 0 Å². The number of aromatic amines is 2. The van der Waals surface area contributed by atoms with Crippen molar-refractivity contribution in [1.82, 2.24) is 19.9 Å². The van der Waals surface area contributed by atoms with Crippen LogP contribution in [0.4, 0.5) is 0 Å². The molecule has 0 radical (unpaired) electrons. The molecule has 0 aliphatic carbocycles. The molecule has 0 atom stereocenters. The quantitative estimate of drug-likeness (QED) is 0.217. The maximum atomic E-state index is 11.5. The monoisotopic (exact) mass is 564 g/mol. The molecule has 2 aliphatic heterocycles. The number of carbonyl (C=O) groups is 2. The number of allylic oxidation sites excluding steroid dienone is 4. The van der Waals surface area contributed by atoms with Crippen molar-refractivity contribution >= 4 is 62.4 Å². The van der Waals surface area contributed by atoms with Crippen LogP contribution < -0.4 is 0 Å². The molecule has 3 aromatic rings. The third-order valence-corrected chi connectivity index (χ3v) is 8.41. The lowest BCUT2D eigenvalue weighted by Crippen LogP contribution is -1.95. The first-order valence-corrected chi connectivity index (χ1v) is 14.3. The molecule has 216 valence electrons. The van der Waals surface area contributed by atoms with Crippen LogP contribution in [0.25, 0.3) is 50.4 Å². The topological polar surface area (TPSA) is 132 Å². The fourth-order valence-corrected chi connectivity index (χ4v) is 6.00. The number of nitrogens with zero attached hydrogens (tertiary/aromatic N) is 2. The van der Waals surface area contributed by atoms with Gasteiger partial charge in [0, 0.05) is 40.1 Å². The Labute approximate surface area is 244 Å². The lowest BCUT2D eigenvalue weighted by molar-refractivity contribution is -0.137. The lowest BCUT2D eigenvalue weighted by atomic mass is 10.0. The molecule has 8 heteroatoms. The van der Waals surface area contributed by atoms with E-state index in [9.17, 15) is 19.8 Å². The number of carboxylic acids is 2. The second kappa shape index (κ2) is 11.3. The summed E-state index contributed by atoms with van der Waals surface area (Å²) in [6.07, 6.45) is 4.69. The van der Waals surface area contributed by atoms with E-state index < -0.39 is 11.9 Å². The fraction of sp³-hybridized carbons (Fsp3) is 0.294. The first kappa shape index (κ1) is 28.8. The minimum absolute atomic E-state index is 0.0217. The molecule has 3 aromatic heterocycles. The molecule has 0 unspecified atom stereocenters. The maximum Gasteiger partial charge on any atom is 0.328 e. The number of fused-ring (bicyclic) bond motifs is 8. The number of aromatic nitrogens is 4. The van der Waals surface area contributed by atoms with Crippen LogP contribution in [-0.2, 0) is 16.0 Å². The van der Waals surface area contributed by atoms with Crippen molar-refractivity contribution in [3.05, 3.63) is 75.4 Å². The predicted octanol–water partition coefficient (Wildman–Crippen LogP) is 7.73. The van der Waals surface area contributed by atoms with Crippen LogP contribution in [0.3, 0.4) is 0 Å². The van der Waals surface area contributed by atoms with Gasteiger partial charge in [-0.05, 0) is 116 Å². The van der Waals surface area contributed by atoms with Crippen molar-refractivity contribution in [2.75, 3.05) is 0 Å². The normalized spacial score (nSPS) is 13.5. The number of hydrogen-bond acceptors (Lipinski definition) is 4. The smallest absolute Gasteiger partial charge is 0.328 e. The van der Waals surface area contributed by atoms with Crippen LogP contribution in [0, 0.1) is 13.8 Å². The number of rotatable bonds is 7. The highest BCUT2D eigenvalue weighted by Gasteiger charge is 2.20. The summed E-state index contributed by atoms with van der Waals surface area (Å²) in [5.41, 5.74) is 14.8. The fourth-order valence-electron chi connectivity index (χ4n) is 6.00. The van der Waals surface area contributed by atoms with E-state index in [1.54, 1.807) is 6.08 Å². The summed E-state index contributed by atoms with van der Waals surface area (Å²) in [4.78, 5) is 40.1. The van der Waals surface area contributed by atoms with Gasteiger partial charge in [0.1, 0.15) is 0 Å². The summed E-state index contributed by atoms with van der Waals surface area (Å²) in [7, 11) is 0. The van der Waals surface area contributed by atoms with Crippen molar-refractivity contribution in [2.45, 2.75) is 67.2 Å². The zero-order valence-corrected chi connectivity index (χ0v) is 24.9. The first-order chi connectivity index (χ1) is 20.0. The maximum absolute atomic E-state index is 11.5. The van der Waals surface area contributed by atoms with Gasteiger partial charge in [0.25, 0.3) is 0 Å². The minimum atomic E-state index is -1.04. The summed E-state index contributed by atoms with van der Waals surface area (Å²) in [6, 6.07) is 8.08. The molecule has 0 aromatic carbocycles. The largest absolute Gasteiger partial charge is 0.481 e. The average molecular weight is 565 g/mol. The Balaban J connectivity index is 1.96. The Hall–Kier alpha value is -4.72. The molecule has 0 fully saturated rings.